The van der Waals surface area contributed by atoms with Crippen LogP contribution in [0.15, 0.2) is 84.6 Å². The van der Waals surface area contributed by atoms with Crippen LogP contribution in [0.1, 0.15) is 17.2 Å². The van der Waals surface area contributed by atoms with E-state index in [-0.39, 0.29) is 5.92 Å². The Kier molecular flexibility index (Phi) is 4.71. The van der Waals surface area contributed by atoms with Crippen molar-refractivity contribution in [1.82, 2.24) is 0 Å². The molecular formula is C25H21N3O. The summed E-state index contributed by atoms with van der Waals surface area (Å²) in [7, 11) is 1.62. The molecule has 0 amide bonds. The minimum atomic E-state index is -1.26. The Bertz CT molecular complexity index is 1060. The standard InChI is InChI=1S/C25H21N3O/c1-18-8-12-20(13-9-18)28-23-7-5-3-4-6-22(23)25(16-26,17-27)24(28)19-10-14-21(29-2)15-11-19/h3-15,22,24H,1-2H3/t22-,24+/m1/s1. The molecule has 0 unspecified atom stereocenters. The van der Waals surface area contributed by atoms with Gasteiger partial charge in [0.1, 0.15) is 5.75 Å². The maximum Gasteiger partial charge on any atom is 0.180 e. The largest absolute Gasteiger partial charge is 0.497 e. The summed E-state index contributed by atoms with van der Waals surface area (Å²) in [5, 5.41) is 20.6. The SMILES string of the molecule is COc1ccc([C@@H]2N(c3ccc(C)cc3)C3=CC=CC=C[C@H]3C2(C#N)C#N)cc1. The molecule has 1 heterocycles. The van der Waals surface area contributed by atoms with E-state index in [1.807, 2.05) is 73.7 Å². The summed E-state index contributed by atoms with van der Waals surface area (Å²) in [5.41, 5.74) is 2.72. The van der Waals surface area contributed by atoms with E-state index in [0.717, 1.165) is 28.3 Å². The van der Waals surface area contributed by atoms with Gasteiger partial charge in [0.15, 0.2) is 5.41 Å². The van der Waals surface area contributed by atoms with Crippen molar-refractivity contribution in [2.45, 2.75) is 13.0 Å². The van der Waals surface area contributed by atoms with Crippen LogP contribution in [0.3, 0.4) is 0 Å². The fourth-order valence-corrected chi connectivity index (χ4v) is 4.22. The topological polar surface area (TPSA) is 60.0 Å². The van der Waals surface area contributed by atoms with Crippen LogP contribution < -0.4 is 9.64 Å². The van der Waals surface area contributed by atoms with Crippen LogP contribution in [-0.4, -0.2) is 7.11 Å². The van der Waals surface area contributed by atoms with Gasteiger partial charge in [0.05, 0.1) is 31.2 Å². The molecule has 1 aliphatic carbocycles. The molecule has 0 aromatic heterocycles. The molecule has 0 radical (unpaired) electrons. The number of fused-ring (bicyclic) bond motifs is 1. The molecule has 29 heavy (non-hydrogen) atoms. The number of anilines is 1. The maximum atomic E-state index is 10.3. The number of allylic oxidation sites excluding steroid dienone is 5. The Balaban J connectivity index is 1.97. The molecule has 2 aliphatic rings. The predicted molar refractivity (Wildman–Crippen MR) is 113 cm³/mol. The van der Waals surface area contributed by atoms with Crippen molar-refractivity contribution in [2.75, 3.05) is 12.0 Å². The van der Waals surface area contributed by atoms with Crippen molar-refractivity contribution < 1.29 is 4.74 Å². The van der Waals surface area contributed by atoms with Crippen molar-refractivity contribution in [3.63, 3.8) is 0 Å². The van der Waals surface area contributed by atoms with Crippen LogP contribution in [-0.2, 0) is 0 Å². The third kappa shape index (κ3) is 2.91. The second-order valence-corrected chi connectivity index (χ2v) is 7.31. The van der Waals surface area contributed by atoms with Gasteiger partial charge in [0, 0.05) is 11.4 Å². The molecule has 4 heteroatoms. The average Bonchev–Trinajstić information content (AvgIpc) is 2.88. The lowest BCUT2D eigenvalue weighted by atomic mass is 9.72. The van der Waals surface area contributed by atoms with Gasteiger partial charge in [-0.25, -0.2) is 0 Å². The number of ether oxygens (including phenoxy) is 1. The molecule has 0 N–H and O–H groups in total. The monoisotopic (exact) mass is 379 g/mol. The zero-order valence-corrected chi connectivity index (χ0v) is 16.4. The van der Waals surface area contributed by atoms with Crippen molar-refractivity contribution in [3.05, 3.63) is 95.7 Å². The summed E-state index contributed by atoms with van der Waals surface area (Å²) in [4.78, 5) is 2.14. The first-order chi connectivity index (χ1) is 14.1. The van der Waals surface area contributed by atoms with Crippen LogP contribution in [0, 0.1) is 40.9 Å². The van der Waals surface area contributed by atoms with Gasteiger partial charge in [-0.05, 0) is 42.8 Å². The summed E-state index contributed by atoms with van der Waals surface area (Å²) in [6, 6.07) is 20.2. The Morgan fingerprint density at radius 2 is 1.62 bits per heavy atom. The number of nitriles is 2. The number of benzene rings is 2. The third-order valence-electron chi connectivity index (χ3n) is 5.68. The fraction of sp³-hybridized carbons (Fsp3) is 0.200. The average molecular weight is 379 g/mol. The van der Waals surface area contributed by atoms with E-state index in [1.54, 1.807) is 7.11 Å². The van der Waals surface area contributed by atoms with Crippen LogP contribution in [0.2, 0.25) is 0 Å². The zero-order valence-electron chi connectivity index (χ0n) is 16.4. The molecule has 1 fully saturated rings. The first-order valence-corrected chi connectivity index (χ1v) is 9.52. The van der Waals surface area contributed by atoms with Crippen molar-refractivity contribution in [2.24, 2.45) is 11.3 Å². The van der Waals surface area contributed by atoms with Gasteiger partial charge in [-0.2, -0.15) is 10.5 Å². The van der Waals surface area contributed by atoms with Crippen LogP contribution in [0.5, 0.6) is 5.75 Å². The van der Waals surface area contributed by atoms with Crippen molar-refractivity contribution in [3.8, 4) is 17.9 Å². The predicted octanol–water partition coefficient (Wildman–Crippen LogP) is 5.22. The van der Waals surface area contributed by atoms with E-state index in [0.29, 0.717) is 0 Å². The normalized spacial score (nSPS) is 21.5. The quantitative estimate of drug-likeness (QED) is 0.733. The molecule has 1 aliphatic heterocycles. The second-order valence-electron chi connectivity index (χ2n) is 7.31. The molecule has 2 aromatic rings. The minimum Gasteiger partial charge on any atom is -0.497 e. The molecule has 0 bridgehead atoms. The van der Waals surface area contributed by atoms with Crippen molar-refractivity contribution in [1.29, 1.82) is 10.5 Å². The molecule has 2 aromatic carbocycles. The lowest BCUT2D eigenvalue weighted by Crippen LogP contribution is -2.31. The summed E-state index contributed by atoms with van der Waals surface area (Å²) in [6.07, 6.45) is 9.79. The van der Waals surface area contributed by atoms with E-state index in [1.165, 1.54) is 0 Å². The summed E-state index contributed by atoms with van der Waals surface area (Å²) in [6.45, 7) is 2.04. The van der Waals surface area contributed by atoms with Gasteiger partial charge in [0.25, 0.3) is 0 Å². The number of nitrogens with zero attached hydrogens (tertiary/aromatic N) is 3. The highest BCUT2D eigenvalue weighted by atomic mass is 16.5. The van der Waals surface area contributed by atoms with Crippen LogP contribution in [0.4, 0.5) is 5.69 Å². The first kappa shape index (κ1) is 18.6. The molecule has 1 saturated heterocycles. The number of aryl methyl sites for hydroxylation is 1. The van der Waals surface area contributed by atoms with Gasteiger partial charge < -0.3 is 9.64 Å². The molecule has 2 atom stereocenters. The van der Waals surface area contributed by atoms with Gasteiger partial charge in [0.2, 0.25) is 0 Å². The summed E-state index contributed by atoms with van der Waals surface area (Å²) >= 11 is 0. The Hall–Kier alpha value is -3.76. The van der Waals surface area contributed by atoms with Crippen molar-refractivity contribution >= 4 is 5.69 Å². The molecular weight excluding hydrogens is 358 g/mol. The van der Waals surface area contributed by atoms with E-state index in [2.05, 4.69) is 29.2 Å². The van der Waals surface area contributed by atoms with E-state index in [9.17, 15) is 10.5 Å². The van der Waals surface area contributed by atoms with Gasteiger partial charge in [-0.1, -0.05) is 54.1 Å². The minimum absolute atomic E-state index is 0.332. The first-order valence-electron chi connectivity index (χ1n) is 9.52. The smallest absolute Gasteiger partial charge is 0.180 e. The van der Waals surface area contributed by atoms with Gasteiger partial charge in [-0.15, -0.1) is 0 Å². The fourth-order valence-electron chi connectivity index (χ4n) is 4.22. The van der Waals surface area contributed by atoms with E-state index < -0.39 is 11.5 Å². The molecule has 4 nitrogen and oxygen atoms in total. The second kappa shape index (κ2) is 7.34. The lowest BCUT2D eigenvalue weighted by Gasteiger charge is -2.31. The summed E-state index contributed by atoms with van der Waals surface area (Å²) in [5.74, 6) is 0.408. The highest BCUT2D eigenvalue weighted by Gasteiger charge is 2.58. The number of hydrogen-bond donors (Lipinski definition) is 0. The number of methoxy groups -OCH3 is 1. The van der Waals surface area contributed by atoms with Gasteiger partial charge in [-0.3, -0.25) is 0 Å². The third-order valence-corrected chi connectivity index (χ3v) is 5.68. The van der Waals surface area contributed by atoms with Crippen LogP contribution in [0.25, 0.3) is 0 Å². The number of hydrogen-bond acceptors (Lipinski definition) is 4. The van der Waals surface area contributed by atoms with E-state index in [4.69, 9.17) is 4.74 Å². The Labute approximate surface area is 171 Å². The highest BCUT2D eigenvalue weighted by molar-refractivity contribution is 5.64. The Morgan fingerprint density at radius 3 is 2.24 bits per heavy atom. The molecule has 4 rings (SSSR count). The lowest BCUT2D eigenvalue weighted by molar-refractivity contribution is 0.408. The van der Waals surface area contributed by atoms with E-state index >= 15 is 0 Å². The molecule has 142 valence electrons. The zero-order chi connectivity index (χ0) is 20.4. The number of rotatable bonds is 3. The highest BCUT2D eigenvalue weighted by Crippen LogP contribution is 2.57. The van der Waals surface area contributed by atoms with Crippen LogP contribution >= 0.6 is 0 Å². The molecule has 0 spiro atoms. The molecule has 0 saturated carbocycles. The van der Waals surface area contributed by atoms with Gasteiger partial charge >= 0.3 is 0 Å². The Morgan fingerprint density at radius 1 is 0.931 bits per heavy atom. The summed E-state index contributed by atoms with van der Waals surface area (Å²) < 4.78 is 5.30. The maximum absolute atomic E-state index is 10.3.